The zero-order chi connectivity index (χ0) is 31.9. The van der Waals surface area contributed by atoms with E-state index >= 15 is 0 Å². The lowest BCUT2D eigenvalue weighted by Crippen LogP contribution is -2.51. The Hall–Kier alpha value is -5.76. The molecule has 4 amide bonds. The van der Waals surface area contributed by atoms with Gasteiger partial charge in [-0.15, -0.1) is 0 Å². The molecule has 46 heavy (non-hydrogen) atoms. The highest BCUT2D eigenvalue weighted by atomic mass is 16.5. The van der Waals surface area contributed by atoms with E-state index in [-0.39, 0.29) is 11.9 Å². The largest absolute Gasteiger partial charge is 0.497 e. The smallest absolute Gasteiger partial charge is 0.261 e. The molecule has 228 valence electrons. The lowest BCUT2D eigenvalue weighted by Gasteiger charge is -2.44. The van der Waals surface area contributed by atoms with Gasteiger partial charge in [-0.2, -0.15) is 0 Å². The number of anilines is 2. The van der Waals surface area contributed by atoms with Gasteiger partial charge in [0.1, 0.15) is 12.3 Å². The van der Waals surface area contributed by atoms with Crippen LogP contribution in [0, 0.1) is 0 Å². The first kappa shape index (κ1) is 29.0. The number of ether oxygens (including phenoxy) is 1. The second-order valence-corrected chi connectivity index (χ2v) is 11.6. The van der Waals surface area contributed by atoms with Gasteiger partial charge in [0.2, 0.25) is 5.91 Å². The van der Waals surface area contributed by atoms with Crippen molar-refractivity contribution in [2.45, 2.75) is 25.4 Å². The minimum atomic E-state index is -0.496. The number of benzene rings is 5. The monoisotopic (exact) mass is 609 g/mol. The van der Waals surface area contributed by atoms with Crippen molar-refractivity contribution < 1.29 is 23.9 Å². The molecule has 0 saturated heterocycles. The molecule has 5 aromatic rings. The minimum absolute atomic E-state index is 0.156. The summed E-state index contributed by atoms with van der Waals surface area (Å²) in [6.07, 6.45) is 0.434. The van der Waals surface area contributed by atoms with Crippen molar-refractivity contribution in [3.8, 4) is 5.75 Å². The van der Waals surface area contributed by atoms with Gasteiger partial charge in [-0.1, -0.05) is 60.7 Å². The van der Waals surface area contributed by atoms with Crippen molar-refractivity contribution in [2.24, 2.45) is 0 Å². The maximum Gasteiger partial charge on any atom is 0.261 e. The van der Waals surface area contributed by atoms with Crippen LogP contribution >= 0.6 is 0 Å². The summed E-state index contributed by atoms with van der Waals surface area (Å²) in [6.45, 7) is 1.53. The number of rotatable bonds is 6. The van der Waals surface area contributed by atoms with Gasteiger partial charge < -0.3 is 14.5 Å². The number of imide groups is 1. The summed E-state index contributed by atoms with van der Waals surface area (Å²) in [6, 6.07) is 33.8. The zero-order valence-electron chi connectivity index (χ0n) is 25.4. The predicted molar refractivity (Wildman–Crippen MR) is 176 cm³/mol. The van der Waals surface area contributed by atoms with Crippen LogP contribution in [-0.4, -0.2) is 48.2 Å². The van der Waals surface area contributed by atoms with Crippen LogP contribution in [-0.2, 0) is 4.79 Å². The van der Waals surface area contributed by atoms with E-state index in [0.717, 1.165) is 15.8 Å². The fraction of sp³-hybridized carbons (Fsp3) is 0.158. The van der Waals surface area contributed by atoms with Crippen LogP contribution in [0.1, 0.15) is 56.0 Å². The van der Waals surface area contributed by atoms with Gasteiger partial charge in [0.05, 0.1) is 13.2 Å². The molecule has 2 aliphatic heterocycles. The number of nitrogens with zero attached hydrogens (tertiary/aromatic N) is 3. The van der Waals surface area contributed by atoms with Crippen molar-refractivity contribution in [1.82, 2.24) is 4.90 Å². The van der Waals surface area contributed by atoms with Crippen molar-refractivity contribution in [2.75, 3.05) is 23.5 Å². The number of methoxy groups -OCH3 is 1. The number of amides is 4. The molecule has 2 atom stereocenters. The van der Waals surface area contributed by atoms with Crippen LogP contribution in [0.15, 0.2) is 115 Å². The summed E-state index contributed by atoms with van der Waals surface area (Å²) in [4.78, 5) is 60.3. The third kappa shape index (κ3) is 4.79. The standard InChI is InChI=1S/C38H31N3O5/c1-24-22-33(29-14-6-7-17-32(29)40(24)36(43)26-18-20-28(46-2)21-19-26)41(27-12-4-3-5-13-27)34(42)23-39-37(44)30-15-8-10-25-11-9-16-31(35(25)30)38(39)45/h3-21,24,33H,22-23H2,1-2H3/t24-,33+/m0/s1. The molecular formula is C38H31N3O5. The second kappa shape index (κ2) is 11.6. The molecule has 8 nitrogen and oxygen atoms in total. The van der Waals surface area contributed by atoms with E-state index in [1.54, 1.807) is 65.4 Å². The number of hydrogen-bond donors (Lipinski definition) is 0. The van der Waals surface area contributed by atoms with Gasteiger partial charge >= 0.3 is 0 Å². The van der Waals surface area contributed by atoms with Gasteiger partial charge in [-0.25, -0.2) is 0 Å². The molecule has 0 radical (unpaired) electrons. The highest BCUT2D eigenvalue weighted by Gasteiger charge is 2.41. The molecule has 0 bridgehead atoms. The van der Waals surface area contributed by atoms with Crippen LogP contribution in [0.3, 0.4) is 0 Å². The number of fused-ring (bicyclic) bond motifs is 1. The average molecular weight is 610 g/mol. The van der Waals surface area contributed by atoms with Gasteiger partial charge in [-0.3, -0.25) is 24.1 Å². The predicted octanol–water partition coefficient (Wildman–Crippen LogP) is 6.66. The summed E-state index contributed by atoms with van der Waals surface area (Å²) in [7, 11) is 1.58. The molecule has 5 aromatic carbocycles. The van der Waals surface area contributed by atoms with E-state index in [0.29, 0.717) is 45.6 Å². The van der Waals surface area contributed by atoms with Gasteiger partial charge in [0.15, 0.2) is 0 Å². The van der Waals surface area contributed by atoms with Crippen LogP contribution in [0.25, 0.3) is 10.8 Å². The average Bonchev–Trinajstić information content (AvgIpc) is 3.09. The summed E-state index contributed by atoms with van der Waals surface area (Å²) >= 11 is 0. The molecule has 0 spiro atoms. The first-order valence-corrected chi connectivity index (χ1v) is 15.2. The zero-order valence-corrected chi connectivity index (χ0v) is 25.4. The number of carbonyl (C=O) groups excluding carboxylic acids is 4. The fourth-order valence-corrected chi connectivity index (χ4v) is 6.73. The lowest BCUT2D eigenvalue weighted by atomic mass is 9.89. The Kier molecular flexibility index (Phi) is 7.33. The Bertz CT molecular complexity index is 1960. The molecule has 2 heterocycles. The van der Waals surface area contributed by atoms with E-state index < -0.39 is 30.3 Å². The molecule has 0 fully saturated rings. The highest BCUT2D eigenvalue weighted by molar-refractivity contribution is 6.26. The Morgan fingerprint density at radius 1 is 0.783 bits per heavy atom. The Morgan fingerprint density at radius 2 is 1.41 bits per heavy atom. The lowest BCUT2D eigenvalue weighted by molar-refractivity contribution is -0.119. The summed E-state index contributed by atoms with van der Waals surface area (Å²) < 4.78 is 5.27. The second-order valence-electron chi connectivity index (χ2n) is 11.6. The van der Waals surface area contributed by atoms with E-state index in [2.05, 4.69) is 0 Å². The Morgan fingerprint density at radius 3 is 2.07 bits per heavy atom. The summed E-state index contributed by atoms with van der Waals surface area (Å²) in [5, 5.41) is 1.41. The molecule has 2 aliphatic rings. The van der Waals surface area contributed by atoms with Crippen molar-refractivity contribution in [3.63, 3.8) is 0 Å². The molecular weight excluding hydrogens is 578 g/mol. The van der Waals surface area contributed by atoms with E-state index in [4.69, 9.17) is 4.74 Å². The first-order valence-electron chi connectivity index (χ1n) is 15.2. The maximum absolute atomic E-state index is 14.5. The van der Waals surface area contributed by atoms with Crippen LogP contribution < -0.4 is 14.5 Å². The normalized spacial score (nSPS) is 17.1. The van der Waals surface area contributed by atoms with Crippen molar-refractivity contribution in [1.29, 1.82) is 0 Å². The summed E-state index contributed by atoms with van der Waals surface area (Å²) in [5.74, 6) is -0.891. The van der Waals surface area contributed by atoms with E-state index in [1.165, 1.54) is 0 Å². The highest BCUT2D eigenvalue weighted by Crippen LogP contribution is 2.43. The summed E-state index contributed by atoms with van der Waals surface area (Å²) in [5.41, 5.74) is 3.45. The third-order valence-corrected chi connectivity index (χ3v) is 8.88. The third-order valence-electron chi connectivity index (χ3n) is 8.88. The van der Waals surface area contributed by atoms with Gasteiger partial charge in [0.25, 0.3) is 17.7 Å². The molecule has 0 saturated carbocycles. The number of para-hydroxylation sites is 2. The topological polar surface area (TPSA) is 87.2 Å². The Labute approximate surface area is 266 Å². The van der Waals surface area contributed by atoms with E-state index in [1.807, 2.05) is 73.7 Å². The van der Waals surface area contributed by atoms with E-state index in [9.17, 15) is 19.2 Å². The van der Waals surface area contributed by atoms with Crippen LogP contribution in [0.5, 0.6) is 5.75 Å². The van der Waals surface area contributed by atoms with Crippen molar-refractivity contribution >= 4 is 45.8 Å². The fourth-order valence-electron chi connectivity index (χ4n) is 6.73. The molecule has 8 heteroatoms. The molecule has 0 unspecified atom stereocenters. The van der Waals surface area contributed by atoms with Gasteiger partial charge in [-0.05, 0) is 78.9 Å². The first-order chi connectivity index (χ1) is 22.4. The molecule has 7 rings (SSSR count). The number of hydrogen-bond acceptors (Lipinski definition) is 5. The Balaban J connectivity index is 1.26. The molecule has 0 N–H and O–H groups in total. The van der Waals surface area contributed by atoms with Crippen molar-refractivity contribution in [3.05, 3.63) is 138 Å². The minimum Gasteiger partial charge on any atom is -0.497 e. The molecule has 0 aliphatic carbocycles. The molecule has 0 aromatic heterocycles. The maximum atomic E-state index is 14.5. The van der Waals surface area contributed by atoms with Crippen LogP contribution in [0.2, 0.25) is 0 Å². The number of carbonyl (C=O) groups is 4. The van der Waals surface area contributed by atoms with Crippen LogP contribution in [0.4, 0.5) is 11.4 Å². The SMILES string of the molecule is COc1ccc(C(=O)N2c3ccccc3[C@H](N(C(=O)CN3C(=O)c4cccc5cccc(c45)C3=O)c3ccccc3)C[C@@H]2C)cc1. The van der Waals surface area contributed by atoms with Gasteiger partial charge in [0, 0.05) is 39.5 Å². The quantitative estimate of drug-likeness (QED) is 0.201.